The summed E-state index contributed by atoms with van der Waals surface area (Å²) in [6, 6.07) is 0. The van der Waals surface area contributed by atoms with E-state index in [2.05, 4.69) is 32.9 Å². The molecule has 0 N–H and O–H groups in total. The van der Waals surface area contributed by atoms with Crippen molar-refractivity contribution in [3.63, 3.8) is 0 Å². The Morgan fingerprint density at radius 2 is 1.92 bits per heavy atom. The first-order valence-electron chi connectivity index (χ1n) is 5.02. The van der Waals surface area contributed by atoms with Gasteiger partial charge in [-0.2, -0.15) is 0 Å². The lowest BCUT2D eigenvalue weighted by molar-refractivity contribution is -0.197. The third-order valence-corrected chi connectivity index (χ3v) is 1.81. The Kier molecular flexibility index (Phi) is 3.94. The van der Waals surface area contributed by atoms with Crippen molar-refractivity contribution >= 4 is 0 Å². The van der Waals surface area contributed by atoms with Gasteiger partial charge < -0.3 is 9.47 Å². The highest BCUT2D eigenvalue weighted by Crippen LogP contribution is 2.17. The van der Waals surface area contributed by atoms with Crippen LogP contribution >= 0.6 is 0 Å². The minimum Gasteiger partial charge on any atom is -0.352 e. The van der Waals surface area contributed by atoms with Gasteiger partial charge in [0.1, 0.15) is 0 Å². The Labute approximate surface area is 80.9 Å². The first kappa shape index (κ1) is 10.7. The molecule has 0 spiro atoms. The number of hydrogen-bond acceptors (Lipinski definition) is 2. The van der Waals surface area contributed by atoms with E-state index in [0.29, 0.717) is 0 Å². The van der Waals surface area contributed by atoms with Gasteiger partial charge in [-0.05, 0) is 33.6 Å². The summed E-state index contributed by atoms with van der Waals surface area (Å²) in [5.74, 6) is 0. The summed E-state index contributed by atoms with van der Waals surface area (Å²) in [5, 5.41) is 0. The number of ether oxygens (including phenoxy) is 2. The number of allylic oxidation sites excluding steroid dienone is 1. The molecule has 0 aliphatic carbocycles. The lowest BCUT2D eigenvalue weighted by atomic mass is 10.2. The maximum absolute atomic E-state index is 5.76. The van der Waals surface area contributed by atoms with E-state index in [1.54, 1.807) is 0 Å². The summed E-state index contributed by atoms with van der Waals surface area (Å²) in [5.41, 5.74) is -0.104. The topological polar surface area (TPSA) is 18.5 Å². The van der Waals surface area contributed by atoms with Crippen LogP contribution in [0.5, 0.6) is 0 Å². The SMILES string of the molecule is CC(C)(C)O[C@@H]1CC/C=C/CCO1. The molecule has 0 bridgehead atoms. The monoisotopic (exact) mass is 184 g/mol. The zero-order chi connectivity index (χ0) is 9.73. The molecule has 1 aliphatic rings. The molecule has 0 amide bonds. The van der Waals surface area contributed by atoms with Crippen LogP contribution in [0.25, 0.3) is 0 Å². The average molecular weight is 184 g/mol. The van der Waals surface area contributed by atoms with Crippen molar-refractivity contribution in [2.45, 2.75) is 51.9 Å². The molecule has 13 heavy (non-hydrogen) atoms. The van der Waals surface area contributed by atoms with Gasteiger partial charge in [0.2, 0.25) is 0 Å². The van der Waals surface area contributed by atoms with Crippen LogP contribution in [0.2, 0.25) is 0 Å². The Morgan fingerprint density at radius 1 is 1.23 bits per heavy atom. The van der Waals surface area contributed by atoms with Crippen molar-refractivity contribution in [2.24, 2.45) is 0 Å². The lowest BCUT2D eigenvalue weighted by Crippen LogP contribution is -2.30. The highest BCUT2D eigenvalue weighted by Gasteiger charge is 2.18. The van der Waals surface area contributed by atoms with Gasteiger partial charge in [0.25, 0.3) is 0 Å². The Hall–Kier alpha value is -0.340. The standard InChI is InChI=1S/C11H20O2/c1-11(2,3)13-10-8-6-4-5-7-9-12-10/h4-5,10H,6-9H2,1-3H3/b5-4+/t10-/m1/s1. The summed E-state index contributed by atoms with van der Waals surface area (Å²) >= 11 is 0. The molecule has 0 radical (unpaired) electrons. The fourth-order valence-corrected chi connectivity index (χ4v) is 1.31. The Bertz CT molecular complexity index is 167. The summed E-state index contributed by atoms with van der Waals surface area (Å²) < 4.78 is 11.3. The van der Waals surface area contributed by atoms with Gasteiger partial charge in [0.05, 0.1) is 12.2 Å². The number of hydrogen-bond donors (Lipinski definition) is 0. The minimum atomic E-state index is -0.104. The third-order valence-electron chi connectivity index (χ3n) is 1.81. The van der Waals surface area contributed by atoms with Crippen LogP contribution in [0.3, 0.4) is 0 Å². The van der Waals surface area contributed by atoms with E-state index in [4.69, 9.17) is 9.47 Å². The molecule has 0 saturated carbocycles. The molecule has 0 aromatic rings. The second-order valence-electron chi connectivity index (χ2n) is 4.37. The number of rotatable bonds is 1. The highest BCUT2D eigenvalue weighted by atomic mass is 16.7. The minimum absolute atomic E-state index is 0.0232. The van der Waals surface area contributed by atoms with E-state index < -0.39 is 0 Å². The van der Waals surface area contributed by atoms with Gasteiger partial charge in [-0.15, -0.1) is 0 Å². The predicted octanol–water partition coefficient (Wildman–Crippen LogP) is 2.88. The van der Waals surface area contributed by atoms with Crippen molar-refractivity contribution in [1.82, 2.24) is 0 Å². The normalized spacial score (nSPS) is 27.8. The molecule has 0 aromatic carbocycles. The Morgan fingerprint density at radius 3 is 2.62 bits per heavy atom. The van der Waals surface area contributed by atoms with Crippen LogP contribution in [0, 0.1) is 0 Å². The van der Waals surface area contributed by atoms with Crippen molar-refractivity contribution in [2.75, 3.05) is 6.61 Å². The van der Waals surface area contributed by atoms with Gasteiger partial charge in [0.15, 0.2) is 6.29 Å². The van der Waals surface area contributed by atoms with Gasteiger partial charge in [-0.1, -0.05) is 12.2 Å². The van der Waals surface area contributed by atoms with E-state index in [0.717, 1.165) is 25.9 Å². The molecule has 1 aliphatic heterocycles. The molecule has 1 heterocycles. The van der Waals surface area contributed by atoms with E-state index in [1.165, 1.54) is 0 Å². The molecular formula is C11H20O2. The van der Waals surface area contributed by atoms with Gasteiger partial charge in [0, 0.05) is 6.42 Å². The van der Waals surface area contributed by atoms with E-state index >= 15 is 0 Å². The van der Waals surface area contributed by atoms with Crippen LogP contribution in [0.4, 0.5) is 0 Å². The van der Waals surface area contributed by atoms with Crippen LogP contribution in [-0.4, -0.2) is 18.5 Å². The molecule has 0 unspecified atom stereocenters. The van der Waals surface area contributed by atoms with E-state index in [9.17, 15) is 0 Å². The van der Waals surface area contributed by atoms with Crippen molar-refractivity contribution in [3.8, 4) is 0 Å². The lowest BCUT2D eigenvalue weighted by Gasteiger charge is -2.27. The molecule has 76 valence electrons. The zero-order valence-electron chi connectivity index (χ0n) is 8.88. The van der Waals surface area contributed by atoms with Gasteiger partial charge >= 0.3 is 0 Å². The van der Waals surface area contributed by atoms with Crippen molar-refractivity contribution in [1.29, 1.82) is 0 Å². The summed E-state index contributed by atoms with van der Waals surface area (Å²) in [6.45, 7) is 6.96. The summed E-state index contributed by atoms with van der Waals surface area (Å²) in [7, 11) is 0. The van der Waals surface area contributed by atoms with Gasteiger partial charge in [-0.25, -0.2) is 0 Å². The van der Waals surface area contributed by atoms with E-state index in [1.807, 2.05) is 0 Å². The molecule has 0 fully saturated rings. The average Bonchev–Trinajstić information content (AvgIpc) is 1.92. The molecule has 1 atom stereocenters. The fraction of sp³-hybridized carbons (Fsp3) is 0.818. The van der Waals surface area contributed by atoms with E-state index in [-0.39, 0.29) is 11.9 Å². The molecule has 1 rings (SSSR count). The van der Waals surface area contributed by atoms with Crippen LogP contribution in [-0.2, 0) is 9.47 Å². The van der Waals surface area contributed by atoms with Crippen LogP contribution in [0.15, 0.2) is 12.2 Å². The van der Waals surface area contributed by atoms with Crippen molar-refractivity contribution in [3.05, 3.63) is 12.2 Å². The maximum Gasteiger partial charge on any atom is 0.158 e. The van der Waals surface area contributed by atoms with Crippen LogP contribution < -0.4 is 0 Å². The first-order chi connectivity index (χ1) is 6.08. The quantitative estimate of drug-likeness (QED) is 0.583. The third kappa shape index (κ3) is 5.06. The Balaban J connectivity index is 2.36. The highest BCUT2D eigenvalue weighted by molar-refractivity contribution is 4.83. The fourth-order valence-electron chi connectivity index (χ4n) is 1.31. The summed E-state index contributed by atoms with van der Waals surface area (Å²) in [6.07, 6.45) is 7.39. The second kappa shape index (κ2) is 4.77. The van der Waals surface area contributed by atoms with Gasteiger partial charge in [-0.3, -0.25) is 0 Å². The molecule has 0 aromatic heterocycles. The summed E-state index contributed by atoms with van der Waals surface area (Å²) in [4.78, 5) is 0. The molecular weight excluding hydrogens is 164 g/mol. The predicted molar refractivity (Wildman–Crippen MR) is 53.6 cm³/mol. The first-order valence-corrected chi connectivity index (χ1v) is 5.02. The largest absolute Gasteiger partial charge is 0.352 e. The van der Waals surface area contributed by atoms with Crippen LogP contribution in [0.1, 0.15) is 40.0 Å². The smallest absolute Gasteiger partial charge is 0.158 e. The molecule has 2 nitrogen and oxygen atoms in total. The molecule has 0 saturated heterocycles. The molecule has 2 heteroatoms. The zero-order valence-corrected chi connectivity index (χ0v) is 8.88. The maximum atomic E-state index is 5.76. The second-order valence-corrected chi connectivity index (χ2v) is 4.37. The van der Waals surface area contributed by atoms with Crippen molar-refractivity contribution < 1.29 is 9.47 Å².